The third kappa shape index (κ3) is 3.22. The zero-order valence-corrected chi connectivity index (χ0v) is 15.9. The number of amidine groups is 1. The molecule has 8 heteroatoms. The van der Waals surface area contributed by atoms with Crippen molar-refractivity contribution in [2.75, 3.05) is 11.1 Å². The fourth-order valence-corrected chi connectivity index (χ4v) is 5.15. The summed E-state index contributed by atoms with van der Waals surface area (Å²) < 4.78 is 14.8. The molecule has 2 aliphatic rings. The number of thioether (sulfide) groups is 1. The number of aliphatic imine (C=N–C) groups is 1. The molecule has 0 saturated heterocycles. The standard InChI is InChI=1S/C19H20BFN4OS/c20-14-4-2-8-23-16(14)17(26)24-12-5-6-15(21)13(9-12)19-7-1-3-11(19)10-27-18(22)25-19/h2,4-6,8-9,11H,1,3,7,10,20H2,(H2,22,25)(H,24,26)/t11-,19-/m0/s1. The van der Waals surface area contributed by atoms with Crippen LogP contribution >= 0.6 is 11.8 Å². The maximum Gasteiger partial charge on any atom is 0.273 e. The Balaban J connectivity index is 1.69. The van der Waals surface area contributed by atoms with Crippen LogP contribution in [0.2, 0.25) is 0 Å². The third-order valence-electron chi connectivity index (χ3n) is 5.44. The SMILES string of the molecule is Bc1cccnc1C(=O)Nc1ccc(F)c([C@]23CCC[C@H]2CSC(N)=N3)c1. The number of nitrogens with one attached hydrogen (secondary N) is 1. The van der Waals surface area contributed by atoms with Crippen LogP contribution in [0.1, 0.15) is 35.3 Å². The van der Waals surface area contributed by atoms with E-state index in [0.717, 1.165) is 30.5 Å². The maximum atomic E-state index is 14.8. The number of halogens is 1. The van der Waals surface area contributed by atoms with Gasteiger partial charge in [-0.15, -0.1) is 0 Å². The first kappa shape index (κ1) is 18.0. The minimum atomic E-state index is -0.624. The molecule has 2 aromatic rings. The number of anilines is 1. The first-order chi connectivity index (χ1) is 13.0. The van der Waals surface area contributed by atoms with Crippen molar-refractivity contribution in [3.05, 3.63) is 53.6 Å². The number of carbonyl (C=O) groups is 1. The van der Waals surface area contributed by atoms with E-state index in [2.05, 4.69) is 10.3 Å². The molecule has 1 amide bonds. The quantitative estimate of drug-likeness (QED) is 0.794. The van der Waals surface area contributed by atoms with Gasteiger partial charge in [-0.05, 0) is 43.0 Å². The summed E-state index contributed by atoms with van der Waals surface area (Å²) in [5.74, 6) is 0.484. The molecule has 1 aliphatic carbocycles. The van der Waals surface area contributed by atoms with Gasteiger partial charge in [-0.2, -0.15) is 0 Å². The highest BCUT2D eigenvalue weighted by atomic mass is 32.2. The van der Waals surface area contributed by atoms with Gasteiger partial charge in [0.15, 0.2) is 5.17 Å². The van der Waals surface area contributed by atoms with Gasteiger partial charge in [-0.3, -0.25) is 14.8 Å². The number of pyridine rings is 1. The molecule has 0 bridgehead atoms. The molecule has 27 heavy (non-hydrogen) atoms. The van der Waals surface area contributed by atoms with Crippen LogP contribution in [0.4, 0.5) is 10.1 Å². The van der Waals surface area contributed by atoms with Crippen LogP contribution < -0.4 is 16.5 Å². The summed E-state index contributed by atoms with van der Waals surface area (Å²) in [7, 11) is 1.83. The second kappa shape index (κ2) is 7.00. The summed E-state index contributed by atoms with van der Waals surface area (Å²) in [6.45, 7) is 0. The summed E-state index contributed by atoms with van der Waals surface area (Å²) in [6.07, 6.45) is 4.35. The number of nitrogens with two attached hydrogens (primary N) is 1. The molecule has 1 aromatic heterocycles. The highest BCUT2D eigenvalue weighted by molar-refractivity contribution is 8.13. The van der Waals surface area contributed by atoms with E-state index in [1.807, 2.05) is 13.9 Å². The molecule has 4 rings (SSSR count). The van der Waals surface area contributed by atoms with E-state index in [0.29, 0.717) is 22.1 Å². The lowest BCUT2D eigenvalue weighted by Gasteiger charge is -2.36. The van der Waals surface area contributed by atoms with Gasteiger partial charge >= 0.3 is 0 Å². The molecule has 138 valence electrons. The zero-order chi connectivity index (χ0) is 19.0. The molecule has 0 spiro atoms. The van der Waals surface area contributed by atoms with E-state index < -0.39 is 5.54 Å². The fraction of sp³-hybridized carbons (Fsp3) is 0.316. The van der Waals surface area contributed by atoms with Gasteiger partial charge in [-0.25, -0.2) is 4.39 Å². The molecule has 0 radical (unpaired) electrons. The highest BCUT2D eigenvalue weighted by Crippen LogP contribution is 2.51. The number of benzene rings is 1. The van der Waals surface area contributed by atoms with Gasteiger partial charge < -0.3 is 11.1 Å². The summed E-state index contributed by atoms with van der Waals surface area (Å²) in [5.41, 5.74) is 7.56. The van der Waals surface area contributed by atoms with Crippen LogP contribution in [-0.4, -0.2) is 29.7 Å². The van der Waals surface area contributed by atoms with Gasteiger partial charge in [0.1, 0.15) is 19.4 Å². The Morgan fingerprint density at radius 1 is 1.41 bits per heavy atom. The number of rotatable bonds is 3. The molecule has 1 saturated carbocycles. The lowest BCUT2D eigenvalue weighted by Crippen LogP contribution is -2.37. The minimum absolute atomic E-state index is 0.258. The second-order valence-corrected chi connectivity index (χ2v) is 8.13. The Morgan fingerprint density at radius 3 is 3.07 bits per heavy atom. The number of nitrogens with zero attached hydrogens (tertiary/aromatic N) is 2. The van der Waals surface area contributed by atoms with E-state index in [4.69, 9.17) is 10.7 Å². The van der Waals surface area contributed by atoms with Crippen molar-refractivity contribution in [2.24, 2.45) is 16.6 Å². The molecular formula is C19H20BFN4OS. The normalized spacial score (nSPS) is 24.2. The average molecular weight is 382 g/mol. The van der Waals surface area contributed by atoms with Crippen molar-refractivity contribution in [3.8, 4) is 0 Å². The topological polar surface area (TPSA) is 80.4 Å². The predicted octanol–water partition coefficient (Wildman–Crippen LogP) is 1.79. The van der Waals surface area contributed by atoms with Crippen LogP contribution in [0.3, 0.4) is 0 Å². The van der Waals surface area contributed by atoms with Crippen LogP contribution in [-0.2, 0) is 5.54 Å². The van der Waals surface area contributed by atoms with Gasteiger partial charge in [-0.1, -0.05) is 29.7 Å². The van der Waals surface area contributed by atoms with E-state index in [9.17, 15) is 9.18 Å². The summed E-state index contributed by atoms with van der Waals surface area (Å²) >= 11 is 1.53. The third-order valence-corrected chi connectivity index (χ3v) is 6.40. The lowest BCUT2D eigenvalue weighted by molar-refractivity contribution is 0.102. The number of carbonyl (C=O) groups excluding carboxylic acids is 1. The van der Waals surface area contributed by atoms with Crippen molar-refractivity contribution in [1.29, 1.82) is 0 Å². The van der Waals surface area contributed by atoms with E-state index >= 15 is 0 Å². The minimum Gasteiger partial charge on any atom is -0.379 e. The Morgan fingerprint density at radius 2 is 2.26 bits per heavy atom. The van der Waals surface area contributed by atoms with Crippen molar-refractivity contribution in [1.82, 2.24) is 4.98 Å². The first-order valence-electron chi connectivity index (χ1n) is 9.01. The summed E-state index contributed by atoms with van der Waals surface area (Å²) in [5, 5.41) is 3.35. The fourth-order valence-electron chi connectivity index (χ4n) is 4.11. The smallest absolute Gasteiger partial charge is 0.273 e. The predicted molar refractivity (Wildman–Crippen MR) is 110 cm³/mol. The Bertz CT molecular complexity index is 938. The molecule has 1 fully saturated rings. The number of hydrogen-bond donors (Lipinski definition) is 2. The average Bonchev–Trinajstić information content (AvgIpc) is 3.07. The van der Waals surface area contributed by atoms with Crippen molar-refractivity contribution in [2.45, 2.75) is 24.8 Å². The molecule has 2 heterocycles. The van der Waals surface area contributed by atoms with E-state index in [1.54, 1.807) is 24.4 Å². The second-order valence-electron chi connectivity index (χ2n) is 7.09. The summed E-state index contributed by atoms with van der Waals surface area (Å²) in [6, 6.07) is 8.28. The van der Waals surface area contributed by atoms with Crippen LogP contribution in [0.15, 0.2) is 41.5 Å². The maximum absolute atomic E-state index is 14.8. The van der Waals surface area contributed by atoms with Gasteiger partial charge in [0.2, 0.25) is 0 Å². The highest BCUT2D eigenvalue weighted by Gasteiger charge is 2.48. The van der Waals surface area contributed by atoms with Crippen LogP contribution in [0.5, 0.6) is 0 Å². The molecule has 2 atom stereocenters. The molecule has 0 unspecified atom stereocenters. The lowest BCUT2D eigenvalue weighted by atomic mass is 9.81. The largest absolute Gasteiger partial charge is 0.379 e. The number of aromatic nitrogens is 1. The Labute approximate surface area is 162 Å². The van der Waals surface area contributed by atoms with Crippen LogP contribution in [0, 0.1) is 11.7 Å². The van der Waals surface area contributed by atoms with Crippen molar-refractivity contribution >= 4 is 41.8 Å². The number of amides is 1. The Hall–Kier alpha value is -2.35. The van der Waals surface area contributed by atoms with Gasteiger partial charge in [0.25, 0.3) is 5.91 Å². The van der Waals surface area contributed by atoms with Gasteiger partial charge in [0.05, 0.1) is 5.54 Å². The van der Waals surface area contributed by atoms with Gasteiger partial charge in [0, 0.05) is 23.2 Å². The molecule has 1 aliphatic heterocycles. The molecule has 3 N–H and O–H groups in total. The number of fused-ring (bicyclic) bond motifs is 1. The Kier molecular flexibility index (Phi) is 4.67. The molecule has 1 aromatic carbocycles. The zero-order valence-electron chi connectivity index (χ0n) is 15.0. The number of hydrogen-bond acceptors (Lipinski definition) is 5. The molecular weight excluding hydrogens is 362 g/mol. The van der Waals surface area contributed by atoms with Crippen molar-refractivity contribution < 1.29 is 9.18 Å². The van der Waals surface area contributed by atoms with Crippen molar-refractivity contribution in [3.63, 3.8) is 0 Å². The van der Waals surface area contributed by atoms with E-state index in [1.165, 1.54) is 17.8 Å². The summed E-state index contributed by atoms with van der Waals surface area (Å²) in [4.78, 5) is 21.4. The molecule has 5 nitrogen and oxygen atoms in total. The first-order valence-corrected chi connectivity index (χ1v) is 9.99. The monoisotopic (exact) mass is 382 g/mol. The van der Waals surface area contributed by atoms with Crippen LogP contribution in [0.25, 0.3) is 0 Å². The van der Waals surface area contributed by atoms with E-state index in [-0.39, 0.29) is 17.6 Å².